The fourth-order valence-corrected chi connectivity index (χ4v) is 4.21. The number of amides is 1. The Balaban J connectivity index is 1.47. The molecule has 0 saturated carbocycles. The molecule has 0 bridgehead atoms. The number of carbonyl (C=O) groups excluding carboxylic acids is 1. The van der Waals surface area contributed by atoms with Gasteiger partial charge in [-0.05, 0) is 42.2 Å². The molecule has 2 aromatic heterocycles. The van der Waals surface area contributed by atoms with Crippen LogP contribution in [0.1, 0.15) is 39.9 Å². The third kappa shape index (κ3) is 3.14. The van der Waals surface area contributed by atoms with E-state index in [0.29, 0.717) is 18.7 Å². The summed E-state index contributed by atoms with van der Waals surface area (Å²) in [7, 11) is 0. The second-order valence-corrected chi connectivity index (χ2v) is 7.49. The highest BCUT2D eigenvalue weighted by Gasteiger charge is 2.29. The van der Waals surface area contributed by atoms with Gasteiger partial charge in [0, 0.05) is 37.6 Å². The Morgan fingerprint density at radius 2 is 1.90 bits per heavy atom. The molecule has 2 aliphatic heterocycles. The Morgan fingerprint density at radius 1 is 1.03 bits per heavy atom. The molecule has 1 aromatic carbocycles. The van der Waals surface area contributed by atoms with E-state index in [4.69, 9.17) is 4.98 Å². The molecule has 1 amide bonds. The van der Waals surface area contributed by atoms with Crippen molar-refractivity contribution in [2.75, 3.05) is 22.9 Å². The summed E-state index contributed by atoms with van der Waals surface area (Å²) in [5.41, 5.74) is 5.12. The van der Waals surface area contributed by atoms with Gasteiger partial charge in [0.2, 0.25) is 0 Å². The molecular formula is C23H23N5O. The lowest BCUT2D eigenvalue weighted by atomic mass is 10.1. The summed E-state index contributed by atoms with van der Waals surface area (Å²) in [6.45, 7) is 4.22. The van der Waals surface area contributed by atoms with E-state index in [9.17, 15) is 4.79 Å². The first kappa shape index (κ1) is 17.8. The van der Waals surface area contributed by atoms with Crippen molar-refractivity contribution in [3.63, 3.8) is 0 Å². The molecule has 2 aliphatic rings. The zero-order chi connectivity index (χ0) is 19.8. The Kier molecular flexibility index (Phi) is 4.46. The second kappa shape index (κ2) is 7.28. The van der Waals surface area contributed by atoms with Crippen LogP contribution in [0.25, 0.3) is 0 Å². The van der Waals surface area contributed by atoms with Gasteiger partial charge in [0.15, 0.2) is 0 Å². The van der Waals surface area contributed by atoms with Crippen molar-refractivity contribution in [1.82, 2.24) is 15.0 Å². The summed E-state index contributed by atoms with van der Waals surface area (Å²) in [6.07, 6.45) is 6.28. The summed E-state index contributed by atoms with van der Waals surface area (Å²) in [6, 6.07) is 11.9. The van der Waals surface area contributed by atoms with Gasteiger partial charge in [-0.1, -0.05) is 25.1 Å². The molecule has 0 N–H and O–H groups in total. The lowest BCUT2D eigenvalue weighted by Gasteiger charge is -2.31. The number of anilines is 2. The third-order valence-corrected chi connectivity index (χ3v) is 5.76. The van der Waals surface area contributed by atoms with Crippen molar-refractivity contribution in [3.8, 4) is 0 Å². The van der Waals surface area contributed by atoms with Crippen LogP contribution in [0.15, 0.2) is 48.8 Å². The summed E-state index contributed by atoms with van der Waals surface area (Å²) < 4.78 is 0. The monoisotopic (exact) mass is 385 g/mol. The number of aryl methyl sites for hydroxylation is 1. The SMILES string of the molecule is CCc1ncc2c(n1)CN(c1ncccc1C(=O)N1CCc3ccccc31)CC2. The van der Waals surface area contributed by atoms with Crippen molar-refractivity contribution in [2.45, 2.75) is 32.7 Å². The van der Waals surface area contributed by atoms with E-state index in [1.54, 1.807) is 6.20 Å². The average Bonchev–Trinajstić information content (AvgIpc) is 3.22. The van der Waals surface area contributed by atoms with Crippen LogP contribution in [0.2, 0.25) is 0 Å². The molecule has 0 saturated heterocycles. The topological polar surface area (TPSA) is 62.2 Å². The smallest absolute Gasteiger partial charge is 0.262 e. The van der Waals surface area contributed by atoms with Crippen molar-refractivity contribution < 1.29 is 4.79 Å². The quantitative estimate of drug-likeness (QED) is 0.693. The van der Waals surface area contributed by atoms with Crippen molar-refractivity contribution in [2.24, 2.45) is 0 Å². The number of hydrogen-bond donors (Lipinski definition) is 0. The molecule has 0 radical (unpaired) electrons. The lowest BCUT2D eigenvalue weighted by Crippen LogP contribution is -2.36. The highest BCUT2D eigenvalue weighted by atomic mass is 16.2. The maximum Gasteiger partial charge on any atom is 0.262 e. The van der Waals surface area contributed by atoms with Crippen molar-refractivity contribution in [3.05, 3.63) is 77.0 Å². The molecule has 4 heterocycles. The van der Waals surface area contributed by atoms with Gasteiger partial charge in [0.05, 0.1) is 17.8 Å². The number of hydrogen-bond acceptors (Lipinski definition) is 5. The number of fused-ring (bicyclic) bond motifs is 2. The largest absolute Gasteiger partial charge is 0.350 e. The molecule has 0 fully saturated rings. The molecule has 29 heavy (non-hydrogen) atoms. The van der Waals surface area contributed by atoms with Gasteiger partial charge in [0.1, 0.15) is 11.6 Å². The molecule has 0 aliphatic carbocycles. The van der Waals surface area contributed by atoms with Gasteiger partial charge >= 0.3 is 0 Å². The van der Waals surface area contributed by atoms with E-state index in [-0.39, 0.29) is 5.91 Å². The van der Waals surface area contributed by atoms with Crippen LogP contribution < -0.4 is 9.80 Å². The molecule has 0 spiro atoms. The van der Waals surface area contributed by atoms with E-state index in [1.807, 2.05) is 41.4 Å². The van der Waals surface area contributed by atoms with E-state index in [0.717, 1.165) is 48.8 Å². The van der Waals surface area contributed by atoms with Gasteiger partial charge in [-0.15, -0.1) is 0 Å². The van der Waals surface area contributed by atoms with Crippen LogP contribution in [0.5, 0.6) is 0 Å². The number of carbonyl (C=O) groups is 1. The zero-order valence-corrected chi connectivity index (χ0v) is 16.5. The van der Waals surface area contributed by atoms with E-state index in [2.05, 4.69) is 27.9 Å². The van der Waals surface area contributed by atoms with Gasteiger partial charge < -0.3 is 9.80 Å². The second-order valence-electron chi connectivity index (χ2n) is 7.49. The van der Waals surface area contributed by atoms with Gasteiger partial charge in [0.25, 0.3) is 5.91 Å². The zero-order valence-electron chi connectivity index (χ0n) is 16.5. The predicted molar refractivity (Wildman–Crippen MR) is 112 cm³/mol. The molecule has 6 heteroatoms. The fourth-order valence-electron chi connectivity index (χ4n) is 4.21. The Morgan fingerprint density at radius 3 is 2.79 bits per heavy atom. The number of aromatic nitrogens is 3. The van der Waals surface area contributed by atoms with Gasteiger partial charge in [-0.2, -0.15) is 0 Å². The van der Waals surface area contributed by atoms with Crippen LogP contribution in [0.3, 0.4) is 0 Å². The number of benzene rings is 1. The minimum absolute atomic E-state index is 0.0146. The number of nitrogens with zero attached hydrogens (tertiary/aromatic N) is 5. The standard InChI is InChI=1S/C23H23N5O/c1-2-21-25-14-17-9-12-27(15-19(17)26-21)22-18(7-5-11-24-22)23(29)28-13-10-16-6-3-4-8-20(16)28/h3-8,11,14H,2,9-10,12-13,15H2,1H3. The van der Waals surface area contributed by atoms with Crippen LogP contribution in [0, 0.1) is 0 Å². The molecule has 0 unspecified atom stereocenters. The fraction of sp³-hybridized carbons (Fsp3) is 0.304. The average molecular weight is 385 g/mol. The van der Waals surface area contributed by atoms with Crippen molar-refractivity contribution in [1.29, 1.82) is 0 Å². The van der Waals surface area contributed by atoms with E-state index >= 15 is 0 Å². The number of rotatable bonds is 3. The molecule has 0 atom stereocenters. The van der Waals surface area contributed by atoms with Crippen LogP contribution >= 0.6 is 0 Å². The third-order valence-electron chi connectivity index (χ3n) is 5.76. The summed E-state index contributed by atoms with van der Waals surface area (Å²) in [5.74, 6) is 1.61. The highest BCUT2D eigenvalue weighted by Crippen LogP contribution is 2.31. The van der Waals surface area contributed by atoms with E-state index in [1.165, 1.54) is 11.1 Å². The van der Waals surface area contributed by atoms with Gasteiger partial charge in [-0.3, -0.25) is 4.79 Å². The maximum absolute atomic E-state index is 13.5. The normalized spacial score (nSPS) is 15.2. The Labute approximate surface area is 170 Å². The van der Waals surface area contributed by atoms with Crippen LogP contribution in [0.4, 0.5) is 11.5 Å². The Bertz CT molecular complexity index is 1080. The molecule has 146 valence electrons. The summed E-state index contributed by atoms with van der Waals surface area (Å²) >= 11 is 0. The van der Waals surface area contributed by atoms with Crippen LogP contribution in [-0.4, -0.2) is 33.9 Å². The number of para-hydroxylation sites is 1. The minimum Gasteiger partial charge on any atom is -0.350 e. The first-order valence-corrected chi connectivity index (χ1v) is 10.2. The molecule has 3 aromatic rings. The van der Waals surface area contributed by atoms with E-state index < -0.39 is 0 Å². The highest BCUT2D eigenvalue weighted by molar-refractivity contribution is 6.10. The first-order chi connectivity index (χ1) is 14.2. The molecule has 5 rings (SSSR count). The predicted octanol–water partition coefficient (Wildman–Crippen LogP) is 3.20. The summed E-state index contributed by atoms with van der Waals surface area (Å²) in [5, 5.41) is 0. The Hall–Kier alpha value is -3.28. The van der Waals surface area contributed by atoms with Crippen LogP contribution in [-0.2, 0) is 25.8 Å². The summed E-state index contributed by atoms with van der Waals surface area (Å²) in [4.78, 5) is 31.2. The van der Waals surface area contributed by atoms with Crippen molar-refractivity contribution >= 4 is 17.4 Å². The minimum atomic E-state index is 0.0146. The number of pyridine rings is 1. The van der Waals surface area contributed by atoms with Gasteiger partial charge in [-0.25, -0.2) is 15.0 Å². The first-order valence-electron chi connectivity index (χ1n) is 10.2. The lowest BCUT2D eigenvalue weighted by molar-refractivity contribution is 0.0989. The maximum atomic E-state index is 13.5. The molecule has 6 nitrogen and oxygen atoms in total. The molecular weight excluding hydrogens is 362 g/mol.